The van der Waals surface area contributed by atoms with Gasteiger partial charge in [0, 0.05) is 19.5 Å². The van der Waals surface area contributed by atoms with Gasteiger partial charge >= 0.3 is 0 Å². The van der Waals surface area contributed by atoms with E-state index in [9.17, 15) is 0 Å². The van der Waals surface area contributed by atoms with E-state index in [0.717, 1.165) is 11.8 Å². The van der Waals surface area contributed by atoms with E-state index < -0.39 is 0 Å². The quantitative estimate of drug-likeness (QED) is 0.466. The normalized spacial score (nSPS) is 28.3. The maximum Gasteiger partial charge on any atom is 0 e. The first-order chi connectivity index (χ1) is 8.04. The molecule has 104 valence electrons. The molecule has 0 bridgehead atoms. The van der Waals surface area contributed by atoms with Crippen LogP contribution in [0.3, 0.4) is 0 Å². The van der Waals surface area contributed by atoms with Crippen molar-refractivity contribution in [3.8, 4) is 0 Å². The van der Waals surface area contributed by atoms with E-state index in [1.54, 1.807) is 0 Å². The first-order valence-electron chi connectivity index (χ1n) is 7.05. The molecule has 2 aliphatic rings. The first kappa shape index (κ1) is 19.1. The Bertz CT molecular complexity index is 302. The smallest absolute Gasteiger partial charge is 0 e. The Morgan fingerprint density at radius 1 is 0.842 bits per heavy atom. The summed E-state index contributed by atoms with van der Waals surface area (Å²) in [6.07, 6.45) is 7.16. The fourth-order valence-electron chi connectivity index (χ4n) is 2.34. The minimum Gasteiger partial charge on any atom is -0.100 e. The van der Waals surface area contributed by atoms with Gasteiger partial charge in [0.25, 0.3) is 0 Å². The van der Waals surface area contributed by atoms with E-state index in [0.29, 0.717) is 10.8 Å². The van der Waals surface area contributed by atoms with Crippen LogP contribution in [0.5, 0.6) is 0 Å². The van der Waals surface area contributed by atoms with Crippen molar-refractivity contribution in [1.29, 1.82) is 0 Å². The van der Waals surface area contributed by atoms with Crippen LogP contribution < -0.4 is 0 Å². The number of allylic oxidation sites excluding steroid dienone is 2. The van der Waals surface area contributed by atoms with Crippen LogP contribution in [0.1, 0.15) is 54.4 Å². The number of hydrogen-bond acceptors (Lipinski definition) is 0. The van der Waals surface area contributed by atoms with E-state index in [-0.39, 0.29) is 19.5 Å². The Kier molecular flexibility index (Phi) is 6.74. The van der Waals surface area contributed by atoms with E-state index in [1.807, 2.05) is 0 Å². The maximum atomic E-state index is 3.88. The van der Waals surface area contributed by atoms with Gasteiger partial charge in [0.05, 0.1) is 0 Å². The third kappa shape index (κ3) is 6.89. The number of hydrogen-bond donors (Lipinski definition) is 0. The monoisotopic (exact) mass is 310 g/mol. The van der Waals surface area contributed by atoms with Crippen molar-refractivity contribution in [2.45, 2.75) is 54.4 Å². The molecule has 0 saturated heterocycles. The van der Waals surface area contributed by atoms with Gasteiger partial charge < -0.3 is 0 Å². The molecule has 0 N–H and O–H groups in total. The Balaban J connectivity index is 0.000000324. The topological polar surface area (TPSA) is 0 Å². The van der Waals surface area contributed by atoms with Gasteiger partial charge in [-0.2, -0.15) is 0 Å². The second-order valence-electron chi connectivity index (χ2n) is 7.51. The Hall–Kier alpha value is 0.103. The van der Waals surface area contributed by atoms with Gasteiger partial charge in [0.2, 0.25) is 0 Å². The zero-order valence-corrected chi connectivity index (χ0v) is 16.8. The molecule has 0 spiro atoms. The van der Waals surface area contributed by atoms with Crippen molar-refractivity contribution < 1.29 is 19.5 Å². The van der Waals surface area contributed by atoms with Crippen molar-refractivity contribution in [2.24, 2.45) is 22.7 Å². The van der Waals surface area contributed by atoms with E-state index in [1.165, 1.54) is 24.0 Å². The van der Waals surface area contributed by atoms with Gasteiger partial charge in [0.15, 0.2) is 0 Å². The third-order valence-electron chi connectivity index (χ3n) is 4.09. The van der Waals surface area contributed by atoms with Crippen LogP contribution in [0.25, 0.3) is 0 Å². The third-order valence-corrected chi connectivity index (χ3v) is 4.09. The molecule has 2 fully saturated rings. The minimum absolute atomic E-state index is 0. The van der Waals surface area contributed by atoms with E-state index in [4.69, 9.17) is 0 Å². The van der Waals surface area contributed by atoms with Gasteiger partial charge in [0.1, 0.15) is 0 Å². The van der Waals surface area contributed by atoms with Gasteiger partial charge in [-0.05, 0) is 62.2 Å². The standard InChI is InChI=1S/2C9H15.Zn/c2*1-7(2)5-8-6-9(8,3)4;/h2*6,8H,1,5H2,2-4H3;. The Morgan fingerprint density at radius 3 is 1.11 bits per heavy atom. The molecule has 2 atom stereocenters. The van der Waals surface area contributed by atoms with Crippen molar-refractivity contribution >= 4 is 0 Å². The molecular formula is C18H30Zn. The second kappa shape index (κ2) is 6.71. The Morgan fingerprint density at radius 2 is 1.05 bits per heavy atom. The fourth-order valence-corrected chi connectivity index (χ4v) is 2.34. The van der Waals surface area contributed by atoms with Crippen molar-refractivity contribution in [3.05, 3.63) is 37.1 Å². The molecule has 2 aliphatic carbocycles. The van der Waals surface area contributed by atoms with E-state index in [2.05, 4.69) is 67.5 Å². The molecule has 0 aliphatic heterocycles. The molecule has 2 rings (SSSR count). The molecule has 2 unspecified atom stereocenters. The molecule has 1 heteroatoms. The molecule has 0 nitrogen and oxygen atoms in total. The minimum atomic E-state index is 0. The summed E-state index contributed by atoms with van der Waals surface area (Å²) >= 11 is 0. The van der Waals surface area contributed by atoms with Crippen LogP contribution >= 0.6 is 0 Å². The molecule has 2 saturated carbocycles. The molecule has 0 aromatic carbocycles. The molecular weight excluding hydrogens is 282 g/mol. The molecule has 19 heavy (non-hydrogen) atoms. The number of rotatable bonds is 4. The molecule has 0 aromatic rings. The summed E-state index contributed by atoms with van der Waals surface area (Å²) in [5.41, 5.74) is 3.64. The zero-order chi connectivity index (χ0) is 14.1. The van der Waals surface area contributed by atoms with Crippen molar-refractivity contribution in [1.82, 2.24) is 0 Å². The van der Waals surface area contributed by atoms with Gasteiger partial charge in [-0.25, -0.2) is 0 Å². The van der Waals surface area contributed by atoms with Crippen LogP contribution in [0.4, 0.5) is 0 Å². The molecule has 2 radical (unpaired) electrons. The van der Waals surface area contributed by atoms with E-state index >= 15 is 0 Å². The average Bonchev–Trinajstić information content (AvgIpc) is 2.89. The fraction of sp³-hybridized carbons (Fsp3) is 0.667. The van der Waals surface area contributed by atoms with Crippen LogP contribution in [0.15, 0.2) is 24.3 Å². The maximum absolute atomic E-state index is 3.88. The van der Waals surface area contributed by atoms with Crippen LogP contribution in [-0.4, -0.2) is 0 Å². The van der Waals surface area contributed by atoms with Gasteiger partial charge in [-0.1, -0.05) is 38.8 Å². The zero-order valence-electron chi connectivity index (χ0n) is 13.8. The van der Waals surface area contributed by atoms with Crippen LogP contribution in [0.2, 0.25) is 0 Å². The van der Waals surface area contributed by atoms with Gasteiger partial charge in [-0.3, -0.25) is 0 Å². The molecule has 0 aromatic heterocycles. The summed E-state index contributed by atoms with van der Waals surface area (Å²) in [4.78, 5) is 0. The largest absolute Gasteiger partial charge is 0.100 e. The molecule has 0 amide bonds. The summed E-state index contributed by atoms with van der Waals surface area (Å²) in [5, 5.41) is 0. The van der Waals surface area contributed by atoms with Crippen molar-refractivity contribution in [3.63, 3.8) is 0 Å². The SMILES string of the molecule is C=C(C)CC1[CH]C1(C)C.C=C(C)CC1[CH]C1(C)C.[Zn]. The summed E-state index contributed by atoms with van der Waals surface area (Å²) in [7, 11) is 0. The second-order valence-corrected chi connectivity index (χ2v) is 7.51. The molecule has 0 heterocycles. The first-order valence-corrected chi connectivity index (χ1v) is 7.05. The Labute approximate surface area is 133 Å². The summed E-state index contributed by atoms with van der Waals surface area (Å²) in [6.45, 7) is 21.1. The summed E-state index contributed by atoms with van der Waals surface area (Å²) in [5.74, 6) is 1.63. The predicted octanol–water partition coefficient (Wildman–Crippen LogP) is 5.62. The summed E-state index contributed by atoms with van der Waals surface area (Å²) in [6, 6.07) is 0. The van der Waals surface area contributed by atoms with Crippen LogP contribution in [0, 0.1) is 35.5 Å². The van der Waals surface area contributed by atoms with Crippen molar-refractivity contribution in [2.75, 3.05) is 0 Å². The van der Waals surface area contributed by atoms with Gasteiger partial charge in [-0.15, -0.1) is 13.2 Å². The summed E-state index contributed by atoms with van der Waals surface area (Å²) < 4.78 is 0. The average molecular weight is 312 g/mol. The predicted molar refractivity (Wildman–Crippen MR) is 82.0 cm³/mol. The van der Waals surface area contributed by atoms with Crippen LogP contribution in [-0.2, 0) is 19.5 Å².